The van der Waals surface area contributed by atoms with E-state index in [1.165, 1.54) is 11.0 Å². The first-order chi connectivity index (χ1) is 11.5. The number of hydrogen-bond donors (Lipinski definition) is 1. The minimum absolute atomic E-state index is 0.168. The first kappa shape index (κ1) is 15.6. The van der Waals surface area contributed by atoms with E-state index in [0.29, 0.717) is 18.0 Å². The molecule has 0 atom stereocenters. The van der Waals surface area contributed by atoms with Crippen LogP contribution in [0.15, 0.2) is 36.4 Å². The number of carbonyl (C=O) groups is 1. The van der Waals surface area contributed by atoms with Gasteiger partial charge in [-0.2, -0.15) is 0 Å². The van der Waals surface area contributed by atoms with Gasteiger partial charge in [0, 0.05) is 25.2 Å². The van der Waals surface area contributed by atoms with Gasteiger partial charge < -0.3 is 19.5 Å². The fourth-order valence-electron chi connectivity index (χ4n) is 2.42. The summed E-state index contributed by atoms with van der Waals surface area (Å²) in [5.74, 6) is 0.384. The van der Waals surface area contributed by atoms with E-state index in [-0.39, 0.29) is 18.3 Å². The number of amides is 1. The zero-order valence-corrected chi connectivity index (χ0v) is 12.8. The van der Waals surface area contributed by atoms with Gasteiger partial charge in [0.15, 0.2) is 17.2 Å². The summed E-state index contributed by atoms with van der Waals surface area (Å²) in [6.45, 7) is 0.489. The lowest BCUT2D eigenvalue weighted by molar-refractivity contribution is -0.385. The predicted molar refractivity (Wildman–Crippen MR) is 83.1 cm³/mol. The van der Waals surface area contributed by atoms with E-state index in [1.54, 1.807) is 19.2 Å². The minimum atomic E-state index is -0.708. The van der Waals surface area contributed by atoms with Gasteiger partial charge in [-0.15, -0.1) is 0 Å². The van der Waals surface area contributed by atoms with Gasteiger partial charge in [-0.1, -0.05) is 6.07 Å². The van der Waals surface area contributed by atoms with Crippen LogP contribution in [0.3, 0.4) is 0 Å². The van der Waals surface area contributed by atoms with Crippen LogP contribution in [-0.4, -0.2) is 34.7 Å². The van der Waals surface area contributed by atoms with E-state index >= 15 is 0 Å². The standard InChI is InChI=1S/C16H14N2O6/c1-17(8-10-2-5-14-15(6-10)24-9-23-14)16(20)11-3-4-12(18(21)22)13(19)7-11/h2-7,19H,8-9H2,1H3. The van der Waals surface area contributed by atoms with Gasteiger partial charge in [-0.3, -0.25) is 14.9 Å². The fourth-order valence-corrected chi connectivity index (χ4v) is 2.42. The van der Waals surface area contributed by atoms with Crippen LogP contribution in [0.5, 0.6) is 17.2 Å². The van der Waals surface area contributed by atoms with E-state index in [4.69, 9.17) is 9.47 Å². The van der Waals surface area contributed by atoms with Gasteiger partial charge >= 0.3 is 5.69 Å². The van der Waals surface area contributed by atoms with Crippen LogP contribution in [0, 0.1) is 10.1 Å². The molecule has 8 nitrogen and oxygen atoms in total. The SMILES string of the molecule is CN(Cc1ccc2c(c1)OCO2)C(=O)c1ccc([N+](=O)[O-])c(O)c1. The largest absolute Gasteiger partial charge is 0.502 e. The molecule has 1 aliphatic rings. The summed E-state index contributed by atoms with van der Waals surface area (Å²) < 4.78 is 10.5. The lowest BCUT2D eigenvalue weighted by atomic mass is 10.1. The molecule has 0 bridgehead atoms. The molecule has 0 aromatic heterocycles. The summed E-state index contributed by atoms with van der Waals surface area (Å²) in [5.41, 5.74) is 0.576. The Balaban J connectivity index is 1.75. The Kier molecular flexibility index (Phi) is 3.95. The second-order valence-electron chi connectivity index (χ2n) is 5.31. The molecule has 2 aromatic rings. The van der Waals surface area contributed by atoms with Crippen molar-refractivity contribution < 1.29 is 24.3 Å². The van der Waals surface area contributed by atoms with E-state index in [0.717, 1.165) is 17.7 Å². The van der Waals surface area contributed by atoms with Gasteiger partial charge in [0.05, 0.1) is 4.92 Å². The van der Waals surface area contributed by atoms with E-state index in [1.807, 2.05) is 6.07 Å². The number of nitro groups is 1. The van der Waals surface area contributed by atoms with Crippen molar-refractivity contribution in [1.29, 1.82) is 0 Å². The van der Waals surface area contributed by atoms with Crippen LogP contribution >= 0.6 is 0 Å². The molecule has 1 amide bonds. The van der Waals surface area contributed by atoms with Crippen molar-refractivity contribution in [2.24, 2.45) is 0 Å². The number of phenolic OH excluding ortho intramolecular Hbond substituents is 1. The zero-order chi connectivity index (χ0) is 17.3. The lowest BCUT2D eigenvalue weighted by Gasteiger charge is -2.17. The number of phenols is 1. The van der Waals surface area contributed by atoms with Crippen LogP contribution < -0.4 is 9.47 Å². The summed E-state index contributed by atoms with van der Waals surface area (Å²) in [4.78, 5) is 23.8. The third-order valence-electron chi connectivity index (χ3n) is 3.62. The second kappa shape index (κ2) is 6.07. The van der Waals surface area contributed by atoms with Crippen molar-refractivity contribution in [3.05, 3.63) is 57.6 Å². The van der Waals surface area contributed by atoms with E-state index in [2.05, 4.69) is 0 Å². The normalized spacial score (nSPS) is 12.0. The van der Waals surface area contributed by atoms with E-state index in [9.17, 15) is 20.0 Å². The highest BCUT2D eigenvalue weighted by Gasteiger charge is 2.19. The van der Waals surface area contributed by atoms with Gasteiger partial charge in [0.1, 0.15) is 0 Å². The molecule has 0 unspecified atom stereocenters. The summed E-state index contributed by atoms with van der Waals surface area (Å²) in [5, 5.41) is 20.3. The summed E-state index contributed by atoms with van der Waals surface area (Å²) in [6.07, 6.45) is 0. The molecule has 2 aromatic carbocycles. The smallest absolute Gasteiger partial charge is 0.310 e. The van der Waals surface area contributed by atoms with Crippen LogP contribution in [0.4, 0.5) is 5.69 Å². The third kappa shape index (κ3) is 2.94. The molecule has 8 heteroatoms. The van der Waals surface area contributed by atoms with Crippen molar-refractivity contribution in [2.75, 3.05) is 13.8 Å². The number of benzene rings is 2. The summed E-state index contributed by atoms with van der Waals surface area (Å²) >= 11 is 0. The molecule has 1 heterocycles. The molecule has 124 valence electrons. The quantitative estimate of drug-likeness (QED) is 0.681. The highest BCUT2D eigenvalue weighted by molar-refractivity contribution is 5.94. The van der Waals surface area contributed by atoms with Crippen molar-refractivity contribution in [2.45, 2.75) is 6.54 Å². The predicted octanol–water partition coefficient (Wildman–Crippen LogP) is 2.30. The topological polar surface area (TPSA) is 102 Å². The molecule has 0 spiro atoms. The van der Waals surface area contributed by atoms with Crippen LogP contribution in [-0.2, 0) is 6.54 Å². The van der Waals surface area contributed by atoms with Crippen molar-refractivity contribution >= 4 is 11.6 Å². The number of fused-ring (bicyclic) bond motifs is 1. The molecule has 1 aliphatic heterocycles. The summed E-state index contributed by atoms with van der Waals surface area (Å²) in [7, 11) is 1.60. The maximum Gasteiger partial charge on any atom is 0.310 e. The van der Waals surface area contributed by atoms with Gasteiger partial charge in [-0.25, -0.2) is 0 Å². The Morgan fingerprint density at radius 3 is 2.71 bits per heavy atom. The molecular formula is C16H14N2O6. The van der Waals surface area contributed by atoms with Gasteiger partial charge in [-0.05, 0) is 29.8 Å². The summed E-state index contributed by atoms with van der Waals surface area (Å²) in [6, 6.07) is 8.90. The highest BCUT2D eigenvalue weighted by atomic mass is 16.7. The number of aromatic hydroxyl groups is 1. The average Bonchev–Trinajstić information content (AvgIpc) is 3.01. The Morgan fingerprint density at radius 1 is 1.25 bits per heavy atom. The molecule has 3 rings (SSSR count). The molecule has 0 saturated carbocycles. The molecular weight excluding hydrogens is 316 g/mol. The Labute approximate surface area is 137 Å². The Morgan fingerprint density at radius 2 is 2.00 bits per heavy atom. The molecule has 0 saturated heterocycles. The fraction of sp³-hybridized carbons (Fsp3) is 0.188. The molecule has 0 aliphatic carbocycles. The zero-order valence-electron chi connectivity index (χ0n) is 12.8. The number of nitrogens with zero attached hydrogens (tertiary/aromatic N) is 2. The molecule has 0 fully saturated rings. The maximum absolute atomic E-state index is 12.4. The number of nitro benzene ring substituents is 1. The maximum atomic E-state index is 12.4. The Hall–Kier alpha value is -3.29. The van der Waals surface area contributed by atoms with Crippen LogP contribution in [0.25, 0.3) is 0 Å². The minimum Gasteiger partial charge on any atom is -0.502 e. The first-order valence-electron chi connectivity index (χ1n) is 7.07. The Bertz CT molecular complexity index is 820. The van der Waals surface area contributed by atoms with Crippen molar-refractivity contribution in [3.8, 4) is 17.2 Å². The van der Waals surface area contributed by atoms with Crippen molar-refractivity contribution in [1.82, 2.24) is 4.90 Å². The third-order valence-corrected chi connectivity index (χ3v) is 3.62. The molecule has 1 N–H and O–H groups in total. The lowest BCUT2D eigenvalue weighted by Crippen LogP contribution is -2.26. The highest BCUT2D eigenvalue weighted by Crippen LogP contribution is 2.33. The number of ether oxygens (including phenoxy) is 2. The average molecular weight is 330 g/mol. The number of carbonyl (C=O) groups excluding carboxylic acids is 1. The molecule has 0 radical (unpaired) electrons. The molecule has 24 heavy (non-hydrogen) atoms. The van der Waals surface area contributed by atoms with Gasteiger partial charge in [0.25, 0.3) is 5.91 Å². The van der Waals surface area contributed by atoms with Crippen molar-refractivity contribution in [3.63, 3.8) is 0 Å². The van der Waals surface area contributed by atoms with Gasteiger partial charge in [0.2, 0.25) is 6.79 Å². The second-order valence-corrected chi connectivity index (χ2v) is 5.31. The first-order valence-corrected chi connectivity index (χ1v) is 7.07. The van der Waals surface area contributed by atoms with E-state index < -0.39 is 16.4 Å². The monoisotopic (exact) mass is 330 g/mol. The number of rotatable bonds is 4. The van der Waals surface area contributed by atoms with Crippen LogP contribution in [0.2, 0.25) is 0 Å². The number of hydrogen-bond acceptors (Lipinski definition) is 6. The van der Waals surface area contributed by atoms with Crippen LogP contribution in [0.1, 0.15) is 15.9 Å².